The number of fused-ring (bicyclic) bond motifs is 1. The average molecular weight is 293 g/mol. The van der Waals surface area contributed by atoms with Gasteiger partial charge in [-0.15, -0.1) is 0 Å². The molecule has 20 heavy (non-hydrogen) atoms. The number of hydrogen-bond acceptors (Lipinski definition) is 1. The van der Waals surface area contributed by atoms with Crippen LogP contribution in [0, 0.1) is 0 Å². The smallest absolute Gasteiger partial charge is 0.0498 e. The van der Waals surface area contributed by atoms with Crippen LogP contribution in [0.5, 0.6) is 0 Å². The molecule has 1 heterocycles. The van der Waals surface area contributed by atoms with Gasteiger partial charge in [-0.05, 0) is 44.9 Å². The summed E-state index contributed by atoms with van der Waals surface area (Å²) in [6, 6.07) is 6.20. The summed E-state index contributed by atoms with van der Waals surface area (Å²) in [6.45, 7) is 10.8. The normalized spacial score (nSPS) is 12.2. The Morgan fingerprint density at radius 2 is 2.00 bits per heavy atom. The van der Waals surface area contributed by atoms with Crippen molar-refractivity contribution in [2.45, 2.75) is 59.2 Å². The second-order valence-electron chi connectivity index (χ2n) is 6.47. The third kappa shape index (κ3) is 3.77. The summed E-state index contributed by atoms with van der Waals surface area (Å²) in [5.41, 5.74) is 2.73. The van der Waals surface area contributed by atoms with Gasteiger partial charge in [-0.1, -0.05) is 31.0 Å². The highest BCUT2D eigenvalue weighted by molar-refractivity contribution is 6.31. The van der Waals surface area contributed by atoms with Crippen molar-refractivity contribution in [3.8, 4) is 0 Å². The van der Waals surface area contributed by atoms with Crippen LogP contribution in [0.25, 0.3) is 10.9 Å². The molecule has 2 aromatic rings. The van der Waals surface area contributed by atoms with Gasteiger partial charge in [-0.25, -0.2) is 0 Å². The van der Waals surface area contributed by atoms with Crippen molar-refractivity contribution >= 4 is 22.5 Å². The van der Waals surface area contributed by atoms with Gasteiger partial charge < -0.3 is 9.88 Å². The lowest BCUT2D eigenvalue weighted by molar-refractivity contribution is 0.425. The van der Waals surface area contributed by atoms with E-state index < -0.39 is 0 Å². The van der Waals surface area contributed by atoms with Crippen molar-refractivity contribution in [1.29, 1.82) is 0 Å². The van der Waals surface area contributed by atoms with Crippen molar-refractivity contribution in [1.82, 2.24) is 9.88 Å². The predicted octanol–water partition coefficient (Wildman–Crippen LogP) is 4.98. The van der Waals surface area contributed by atoms with E-state index in [1.54, 1.807) is 0 Å². The van der Waals surface area contributed by atoms with E-state index in [-0.39, 0.29) is 5.54 Å². The first-order valence-electron chi connectivity index (χ1n) is 7.43. The minimum absolute atomic E-state index is 0.129. The third-order valence-electron chi connectivity index (χ3n) is 3.49. The lowest BCUT2D eigenvalue weighted by Crippen LogP contribution is -2.34. The van der Waals surface area contributed by atoms with Gasteiger partial charge in [-0.2, -0.15) is 0 Å². The van der Waals surface area contributed by atoms with Crippen LogP contribution >= 0.6 is 11.6 Å². The van der Waals surface area contributed by atoms with E-state index in [4.69, 9.17) is 11.6 Å². The van der Waals surface area contributed by atoms with Crippen LogP contribution in [0.3, 0.4) is 0 Å². The Morgan fingerprint density at radius 1 is 1.25 bits per heavy atom. The van der Waals surface area contributed by atoms with Crippen LogP contribution in [0.1, 0.15) is 46.1 Å². The van der Waals surface area contributed by atoms with Crippen LogP contribution in [0.15, 0.2) is 24.4 Å². The maximum Gasteiger partial charge on any atom is 0.0498 e. The van der Waals surface area contributed by atoms with Crippen LogP contribution in [0.2, 0.25) is 5.02 Å². The number of halogens is 1. The molecule has 0 aliphatic rings. The minimum atomic E-state index is 0.129. The molecule has 3 heteroatoms. The zero-order valence-electron chi connectivity index (χ0n) is 13.0. The number of benzene rings is 1. The van der Waals surface area contributed by atoms with Gasteiger partial charge in [0.05, 0.1) is 0 Å². The fourth-order valence-electron chi connectivity index (χ4n) is 2.36. The van der Waals surface area contributed by atoms with E-state index in [2.05, 4.69) is 55.9 Å². The van der Waals surface area contributed by atoms with Crippen LogP contribution < -0.4 is 5.32 Å². The number of nitrogens with zero attached hydrogens (tertiary/aromatic N) is 1. The van der Waals surface area contributed by atoms with E-state index in [9.17, 15) is 0 Å². The van der Waals surface area contributed by atoms with Crippen LogP contribution in [0.4, 0.5) is 0 Å². The first-order valence-corrected chi connectivity index (χ1v) is 7.81. The van der Waals surface area contributed by atoms with E-state index in [1.165, 1.54) is 29.3 Å². The molecule has 1 aromatic heterocycles. The van der Waals surface area contributed by atoms with E-state index in [1.807, 2.05) is 6.07 Å². The molecular weight excluding hydrogens is 268 g/mol. The molecule has 0 aliphatic carbocycles. The summed E-state index contributed by atoms with van der Waals surface area (Å²) in [5, 5.41) is 5.68. The van der Waals surface area contributed by atoms with Crippen LogP contribution in [-0.2, 0) is 13.1 Å². The van der Waals surface area contributed by atoms with Crippen molar-refractivity contribution < 1.29 is 0 Å². The van der Waals surface area contributed by atoms with E-state index in [0.29, 0.717) is 0 Å². The maximum absolute atomic E-state index is 6.15. The SMILES string of the molecule is CCCCn1cc(CNC(C)(C)C)c2ccc(Cl)cc21. The molecule has 1 N–H and O–H groups in total. The number of aryl methyl sites for hydroxylation is 1. The summed E-state index contributed by atoms with van der Waals surface area (Å²) in [5.74, 6) is 0. The van der Waals surface area contributed by atoms with Gasteiger partial charge in [0.15, 0.2) is 0 Å². The Balaban J connectivity index is 2.34. The second kappa shape index (κ2) is 6.19. The van der Waals surface area contributed by atoms with Crippen LogP contribution in [-0.4, -0.2) is 10.1 Å². The van der Waals surface area contributed by atoms with Gasteiger partial charge in [0, 0.05) is 40.8 Å². The molecule has 0 fully saturated rings. The zero-order valence-corrected chi connectivity index (χ0v) is 13.7. The topological polar surface area (TPSA) is 17.0 Å². The number of nitrogens with one attached hydrogen (secondary N) is 1. The summed E-state index contributed by atoms with van der Waals surface area (Å²) < 4.78 is 2.34. The first-order chi connectivity index (χ1) is 9.40. The average Bonchev–Trinajstić information content (AvgIpc) is 2.70. The van der Waals surface area contributed by atoms with Gasteiger partial charge in [0.25, 0.3) is 0 Å². The molecule has 110 valence electrons. The molecule has 0 amide bonds. The highest BCUT2D eigenvalue weighted by atomic mass is 35.5. The Hall–Kier alpha value is -0.990. The number of aromatic nitrogens is 1. The molecule has 2 nitrogen and oxygen atoms in total. The molecule has 0 aliphatic heterocycles. The number of rotatable bonds is 5. The highest BCUT2D eigenvalue weighted by Gasteiger charge is 2.13. The maximum atomic E-state index is 6.15. The second-order valence-corrected chi connectivity index (χ2v) is 6.90. The molecule has 0 bridgehead atoms. The number of hydrogen-bond donors (Lipinski definition) is 1. The van der Waals surface area contributed by atoms with Gasteiger partial charge in [0.1, 0.15) is 0 Å². The quantitative estimate of drug-likeness (QED) is 0.822. The zero-order chi connectivity index (χ0) is 14.8. The van der Waals surface area contributed by atoms with Gasteiger partial charge in [-0.3, -0.25) is 0 Å². The molecule has 0 spiro atoms. The van der Waals surface area contributed by atoms with Crippen molar-refractivity contribution in [2.24, 2.45) is 0 Å². The molecule has 0 atom stereocenters. The molecule has 2 rings (SSSR count). The lowest BCUT2D eigenvalue weighted by atomic mass is 10.1. The van der Waals surface area contributed by atoms with Gasteiger partial charge in [0.2, 0.25) is 0 Å². The summed E-state index contributed by atoms with van der Waals surface area (Å²) in [6.07, 6.45) is 4.67. The van der Waals surface area contributed by atoms with Gasteiger partial charge >= 0.3 is 0 Å². The molecule has 0 saturated heterocycles. The van der Waals surface area contributed by atoms with Crippen molar-refractivity contribution in [2.75, 3.05) is 0 Å². The molecule has 0 radical (unpaired) electrons. The summed E-state index contributed by atoms with van der Waals surface area (Å²) in [7, 11) is 0. The van der Waals surface area contributed by atoms with E-state index in [0.717, 1.165) is 18.1 Å². The molecule has 1 aromatic carbocycles. The summed E-state index contributed by atoms with van der Waals surface area (Å²) in [4.78, 5) is 0. The van der Waals surface area contributed by atoms with Crippen molar-refractivity contribution in [3.05, 3.63) is 35.0 Å². The third-order valence-corrected chi connectivity index (χ3v) is 3.72. The standard InChI is InChI=1S/C17H25ClN2/c1-5-6-9-20-12-13(11-19-17(2,3)4)15-8-7-14(18)10-16(15)20/h7-8,10,12,19H,5-6,9,11H2,1-4H3. The molecule has 0 saturated carbocycles. The van der Waals surface area contributed by atoms with Crippen molar-refractivity contribution in [3.63, 3.8) is 0 Å². The highest BCUT2D eigenvalue weighted by Crippen LogP contribution is 2.25. The minimum Gasteiger partial charge on any atom is -0.347 e. The fourth-order valence-corrected chi connectivity index (χ4v) is 2.52. The molecular formula is C17H25ClN2. The first kappa shape index (κ1) is 15.4. The monoisotopic (exact) mass is 292 g/mol. The number of unbranched alkanes of at least 4 members (excludes halogenated alkanes) is 1. The Kier molecular flexibility index (Phi) is 4.77. The van der Waals surface area contributed by atoms with E-state index >= 15 is 0 Å². The Bertz CT molecular complexity index is 578. The molecule has 0 unspecified atom stereocenters. The lowest BCUT2D eigenvalue weighted by Gasteiger charge is -2.20. The Morgan fingerprint density at radius 3 is 2.65 bits per heavy atom. The fraction of sp³-hybridized carbons (Fsp3) is 0.529. The largest absolute Gasteiger partial charge is 0.347 e. The predicted molar refractivity (Wildman–Crippen MR) is 88.4 cm³/mol. The Labute approximate surface area is 127 Å². The summed E-state index contributed by atoms with van der Waals surface area (Å²) >= 11 is 6.15.